The van der Waals surface area contributed by atoms with E-state index in [4.69, 9.17) is 0 Å². The number of alkyl halides is 3. The van der Waals surface area contributed by atoms with E-state index in [-0.39, 0.29) is 12.5 Å². The number of benzene rings is 2. The molecule has 1 N–H and O–H groups in total. The zero-order chi connectivity index (χ0) is 23.6. The van der Waals surface area contributed by atoms with Gasteiger partial charge in [0.2, 0.25) is 5.91 Å². The highest BCUT2D eigenvalue weighted by Gasteiger charge is 2.35. The summed E-state index contributed by atoms with van der Waals surface area (Å²) < 4.78 is 38.3. The Morgan fingerprint density at radius 2 is 1.72 bits per heavy atom. The van der Waals surface area contributed by atoms with Crippen LogP contribution >= 0.6 is 0 Å². The molecule has 3 amide bonds. The lowest BCUT2D eigenvalue weighted by molar-refractivity contribution is -0.137. The third-order valence-electron chi connectivity index (χ3n) is 5.51. The summed E-state index contributed by atoms with van der Waals surface area (Å²) in [5.74, 6) is -0.157. The van der Waals surface area contributed by atoms with Gasteiger partial charge in [-0.05, 0) is 37.1 Å². The number of nitrogens with one attached hydrogen (secondary N) is 1. The van der Waals surface area contributed by atoms with Crippen LogP contribution in [0, 0.1) is 6.92 Å². The first-order valence-electron chi connectivity index (χ1n) is 10.1. The van der Waals surface area contributed by atoms with Crippen LogP contribution in [0.15, 0.2) is 53.6 Å². The molecule has 6 nitrogen and oxygen atoms in total. The summed E-state index contributed by atoms with van der Waals surface area (Å²) in [4.78, 5) is 26.4. The zero-order valence-corrected chi connectivity index (χ0v) is 18.3. The Morgan fingerprint density at radius 3 is 2.25 bits per heavy atom. The summed E-state index contributed by atoms with van der Waals surface area (Å²) in [7, 11) is 1.66. The van der Waals surface area contributed by atoms with Crippen molar-refractivity contribution in [2.75, 3.05) is 13.6 Å². The van der Waals surface area contributed by atoms with Gasteiger partial charge in [-0.2, -0.15) is 18.3 Å². The number of aryl methyl sites for hydroxylation is 1. The van der Waals surface area contributed by atoms with E-state index in [0.29, 0.717) is 11.3 Å². The highest BCUT2D eigenvalue weighted by Crippen LogP contribution is 2.30. The van der Waals surface area contributed by atoms with Crippen molar-refractivity contribution < 1.29 is 22.8 Å². The lowest BCUT2D eigenvalue weighted by atomic mass is 10.0. The van der Waals surface area contributed by atoms with Gasteiger partial charge in [-0.15, -0.1) is 0 Å². The smallest absolute Gasteiger partial charge is 0.335 e. The normalized spacial score (nSPS) is 17.0. The maximum Gasteiger partial charge on any atom is 0.416 e. The highest BCUT2D eigenvalue weighted by molar-refractivity contribution is 6.07. The molecule has 170 valence electrons. The van der Waals surface area contributed by atoms with Gasteiger partial charge >= 0.3 is 12.2 Å². The zero-order valence-electron chi connectivity index (χ0n) is 18.3. The van der Waals surface area contributed by atoms with E-state index >= 15 is 0 Å². The van der Waals surface area contributed by atoms with Crippen LogP contribution in [0.5, 0.6) is 0 Å². The monoisotopic (exact) mass is 446 g/mol. The number of hydrogen-bond donors (Lipinski definition) is 1. The molecule has 1 aliphatic rings. The SMILES string of the molecule is CC(=O)N(C)[C@@H]1CN(C(=O)N[C@H](C)c2ccc(C(F)(F)F)cc2)N=C1c1ccc(C)cc1. The van der Waals surface area contributed by atoms with Crippen LogP contribution in [0.1, 0.15) is 42.1 Å². The van der Waals surface area contributed by atoms with Gasteiger partial charge in [0.1, 0.15) is 0 Å². The first kappa shape index (κ1) is 23.3. The first-order chi connectivity index (χ1) is 15.0. The van der Waals surface area contributed by atoms with Gasteiger partial charge < -0.3 is 10.2 Å². The van der Waals surface area contributed by atoms with Crippen molar-refractivity contribution in [1.82, 2.24) is 15.2 Å². The fourth-order valence-electron chi connectivity index (χ4n) is 3.42. The van der Waals surface area contributed by atoms with Crippen LogP contribution in [0.3, 0.4) is 0 Å². The van der Waals surface area contributed by atoms with Crippen LogP contribution in [-0.2, 0) is 11.0 Å². The number of urea groups is 1. The summed E-state index contributed by atoms with van der Waals surface area (Å²) in [5, 5.41) is 8.47. The van der Waals surface area contributed by atoms with E-state index in [1.54, 1.807) is 14.0 Å². The van der Waals surface area contributed by atoms with E-state index in [9.17, 15) is 22.8 Å². The molecule has 0 bridgehead atoms. The number of rotatable bonds is 4. The predicted molar refractivity (Wildman–Crippen MR) is 115 cm³/mol. The molecule has 3 rings (SSSR count). The average molecular weight is 446 g/mol. The standard InChI is InChI=1S/C23H25F3N4O2/c1-14-5-7-18(8-6-14)21-20(29(4)16(3)31)13-30(28-21)22(32)27-15(2)17-9-11-19(12-10-17)23(24,25)26/h5-12,15,20H,13H2,1-4H3,(H,27,32)/t15-,20-/m1/s1. The molecule has 0 saturated heterocycles. The van der Waals surface area contributed by atoms with Gasteiger partial charge in [0.15, 0.2) is 0 Å². The van der Waals surface area contributed by atoms with Gasteiger partial charge in [-0.25, -0.2) is 9.80 Å². The van der Waals surface area contributed by atoms with E-state index in [2.05, 4.69) is 10.4 Å². The van der Waals surface area contributed by atoms with Gasteiger partial charge in [-0.3, -0.25) is 4.79 Å². The second-order valence-corrected chi connectivity index (χ2v) is 7.87. The summed E-state index contributed by atoms with van der Waals surface area (Å²) in [6, 6.07) is 10.8. The molecule has 2 aromatic carbocycles. The Kier molecular flexibility index (Phi) is 6.57. The quantitative estimate of drug-likeness (QED) is 0.759. The number of halogens is 3. The van der Waals surface area contributed by atoms with Crippen LogP contribution in [0.4, 0.5) is 18.0 Å². The highest BCUT2D eigenvalue weighted by atomic mass is 19.4. The van der Waals surface area contributed by atoms with Crippen molar-refractivity contribution in [2.45, 2.75) is 39.0 Å². The average Bonchev–Trinajstić information content (AvgIpc) is 3.18. The number of hydrazone groups is 1. The minimum Gasteiger partial charge on any atom is -0.335 e. The Hall–Kier alpha value is -3.36. The number of nitrogens with zero attached hydrogens (tertiary/aromatic N) is 3. The van der Waals surface area contributed by atoms with Crippen molar-refractivity contribution in [2.24, 2.45) is 5.10 Å². The fraction of sp³-hybridized carbons (Fsp3) is 0.348. The molecule has 1 heterocycles. The number of likely N-dealkylation sites (N-methyl/N-ethyl adjacent to an activating group) is 1. The van der Waals surface area contributed by atoms with Gasteiger partial charge in [0, 0.05) is 14.0 Å². The Balaban J connectivity index is 1.78. The molecule has 0 radical (unpaired) electrons. The third kappa shape index (κ3) is 5.09. The number of carbonyl (C=O) groups is 2. The first-order valence-corrected chi connectivity index (χ1v) is 10.1. The lowest BCUT2D eigenvalue weighted by Crippen LogP contribution is -2.45. The largest absolute Gasteiger partial charge is 0.416 e. The lowest BCUT2D eigenvalue weighted by Gasteiger charge is -2.25. The van der Waals surface area contributed by atoms with E-state index < -0.39 is 29.9 Å². The van der Waals surface area contributed by atoms with Gasteiger partial charge in [-0.1, -0.05) is 42.0 Å². The van der Waals surface area contributed by atoms with E-state index in [0.717, 1.165) is 23.3 Å². The van der Waals surface area contributed by atoms with Crippen LogP contribution in [0.25, 0.3) is 0 Å². The molecule has 1 aliphatic heterocycles. The van der Waals surface area contributed by atoms with Crippen molar-refractivity contribution in [3.05, 3.63) is 70.8 Å². The molecule has 2 aromatic rings. The Morgan fingerprint density at radius 1 is 1.12 bits per heavy atom. The van der Waals surface area contributed by atoms with Crippen molar-refractivity contribution >= 4 is 17.6 Å². The summed E-state index contributed by atoms with van der Waals surface area (Å²) >= 11 is 0. The molecule has 0 spiro atoms. The fourth-order valence-corrected chi connectivity index (χ4v) is 3.42. The number of hydrogen-bond acceptors (Lipinski definition) is 3. The summed E-state index contributed by atoms with van der Waals surface area (Å²) in [6.45, 7) is 5.26. The second kappa shape index (κ2) is 9.02. The molecular weight excluding hydrogens is 421 g/mol. The Labute approximate surface area is 184 Å². The molecule has 0 saturated carbocycles. The van der Waals surface area contributed by atoms with Crippen molar-refractivity contribution in [1.29, 1.82) is 0 Å². The van der Waals surface area contributed by atoms with E-state index in [1.165, 1.54) is 29.0 Å². The molecule has 0 aromatic heterocycles. The summed E-state index contributed by atoms with van der Waals surface area (Å²) in [6.07, 6.45) is -4.42. The predicted octanol–water partition coefficient (Wildman–Crippen LogP) is 4.35. The number of carbonyl (C=O) groups excluding carboxylic acids is 2. The minimum atomic E-state index is -4.42. The molecular formula is C23H25F3N4O2. The summed E-state index contributed by atoms with van der Waals surface area (Å²) in [5.41, 5.74) is 2.26. The number of amides is 3. The van der Waals surface area contributed by atoms with Gasteiger partial charge in [0.25, 0.3) is 0 Å². The topological polar surface area (TPSA) is 65.0 Å². The molecule has 0 fully saturated rings. The van der Waals surface area contributed by atoms with Crippen molar-refractivity contribution in [3.8, 4) is 0 Å². The van der Waals surface area contributed by atoms with E-state index in [1.807, 2.05) is 31.2 Å². The maximum absolute atomic E-state index is 12.8. The van der Waals surface area contributed by atoms with Crippen LogP contribution in [0.2, 0.25) is 0 Å². The van der Waals surface area contributed by atoms with Crippen LogP contribution < -0.4 is 5.32 Å². The molecule has 32 heavy (non-hydrogen) atoms. The van der Waals surface area contributed by atoms with Gasteiger partial charge in [0.05, 0.1) is 29.9 Å². The Bertz CT molecular complexity index is 1020. The molecule has 0 aliphatic carbocycles. The minimum absolute atomic E-state index is 0.157. The van der Waals surface area contributed by atoms with Crippen LogP contribution in [-0.4, -0.2) is 47.2 Å². The molecule has 2 atom stereocenters. The maximum atomic E-state index is 12.8. The molecule has 9 heteroatoms. The second-order valence-electron chi connectivity index (χ2n) is 7.87. The third-order valence-corrected chi connectivity index (χ3v) is 5.51. The molecule has 0 unspecified atom stereocenters. The van der Waals surface area contributed by atoms with Crippen molar-refractivity contribution in [3.63, 3.8) is 0 Å².